The summed E-state index contributed by atoms with van der Waals surface area (Å²) in [7, 11) is 0. The van der Waals surface area contributed by atoms with Crippen LogP contribution in [0.4, 0.5) is 16.2 Å². The number of likely N-dealkylation sites (tertiary alicyclic amines) is 1. The SMILES string of the molecule is CC(C)(C)OC(=O)N1CCC(Oc2ccc([N+](=O)[O-])cc2)CC1.O=[N+]([O-])c1ccc(OC2CCNCC2)cc1. The van der Waals surface area contributed by atoms with Crippen LogP contribution in [0.2, 0.25) is 0 Å². The summed E-state index contributed by atoms with van der Waals surface area (Å²) in [6.07, 6.45) is 3.30. The van der Waals surface area contributed by atoms with E-state index in [-0.39, 0.29) is 29.7 Å². The lowest BCUT2D eigenvalue weighted by molar-refractivity contribution is -0.385. The molecule has 1 N–H and O–H groups in total. The topological polar surface area (TPSA) is 146 Å². The Balaban J connectivity index is 0.000000230. The maximum absolute atomic E-state index is 12.0. The van der Waals surface area contributed by atoms with Crippen LogP contribution in [-0.4, -0.2) is 64.8 Å². The standard InChI is InChI=1S/C16H22N2O5.C11H14N2O3/c1-16(2,3)23-15(19)17-10-8-14(9-11-17)22-13-6-4-12(5-7-13)18(20)21;14-13(15)9-1-3-10(4-2-9)16-11-5-7-12-8-6-11/h4-7,14H,8-11H2,1-3H3;1-4,11-12H,5-8H2. The molecule has 4 rings (SSSR count). The Hall–Kier alpha value is -3.93. The quantitative estimate of drug-likeness (QED) is 0.387. The third kappa shape index (κ3) is 10.0. The van der Waals surface area contributed by atoms with E-state index >= 15 is 0 Å². The molecule has 0 aromatic heterocycles. The average molecular weight is 545 g/mol. The van der Waals surface area contributed by atoms with E-state index in [1.807, 2.05) is 20.8 Å². The van der Waals surface area contributed by atoms with Crippen molar-refractivity contribution in [3.63, 3.8) is 0 Å². The number of rotatable bonds is 6. The zero-order valence-electron chi connectivity index (χ0n) is 22.5. The summed E-state index contributed by atoms with van der Waals surface area (Å²) < 4.78 is 16.9. The second kappa shape index (κ2) is 13.7. The first-order valence-corrected chi connectivity index (χ1v) is 13.0. The molecule has 212 valence electrons. The number of carbonyl (C=O) groups is 1. The van der Waals surface area contributed by atoms with Gasteiger partial charge in [-0.3, -0.25) is 20.2 Å². The van der Waals surface area contributed by atoms with Gasteiger partial charge in [0, 0.05) is 50.2 Å². The van der Waals surface area contributed by atoms with E-state index in [1.54, 1.807) is 29.2 Å². The predicted molar refractivity (Wildman–Crippen MR) is 144 cm³/mol. The third-order valence-corrected chi connectivity index (χ3v) is 6.08. The van der Waals surface area contributed by atoms with Gasteiger partial charge in [-0.05, 0) is 71.0 Å². The number of amides is 1. The fourth-order valence-corrected chi connectivity index (χ4v) is 4.07. The third-order valence-electron chi connectivity index (χ3n) is 6.08. The van der Waals surface area contributed by atoms with Crippen LogP contribution in [0.1, 0.15) is 46.5 Å². The lowest BCUT2D eigenvalue weighted by Crippen LogP contribution is -2.44. The Bertz CT molecular complexity index is 1090. The summed E-state index contributed by atoms with van der Waals surface area (Å²) in [4.78, 5) is 33.9. The molecule has 0 saturated carbocycles. The van der Waals surface area contributed by atoms with E-state index in [0.29, 0.717) is 37.4 Å². The van der Waals surface area contributed by atoms with Crippen molar-refractivity contribution in [2.75, 3.05) is 26.2 Å². The van der Waals surface area contributed by atoms with E-state index in [4.69, 9.17) is 14.2 Å². The molecule has 0 aliphatic carbocycles. The summed E-state index contributed by atoms with van der Waals surface area (Å²) in [6, 6.07) is 12.3. The maximum atomic E-state index is 12.0. The van der Waals surface area contributed by atoms with Crippen LogP contribution in [0, 0.1) is 20.2 Å². The number of ether oxygens (including phenoxy) is 3. The molecular formula is C27H36N4O8. The van der Waals surface area contributed by atoms with E-state index in [1.165, 1.54) is 24.3 Å². The number of nitrogens with one attached hydrogen (secondary N) is 1. The number of nitrogens with zero attached hydrogens (tertiary/aromatic N) is 3. The van der Waals surface area contributed by atoms with Crippen molar-refractivity contribution >= 4 is 17.5 Å². The average Bonchev–Trinajstić information content (AvgIpc) is 2.90. The Morgan fingerprint density at radius 3 is 1.59 bits per heavy atom. The highest BCUT2D eigenvalue weighted by Crippen LogP contribution is 2.23. The monoisotopic (exact) mass is 544 g/mol. The van der Waals surface area contributed by atoms with Crippen molar-refractivity contribution in [1.82, 2.24) is 10.2 Å². The highest BCUT2D eigenvalue weighted by molar-refractivity contribution is 5.68. The van der Waals surface area contributed by atoms with Crippen LogP contribution in [0.5, 0.6) is 11.5 Å². The first-order valence-electron chi connectivity index (χ1n) is 13.0. The highest BCUT2D eigenvalue weighted by atomic mass is 16.6. The molecule has 1 amide bonds. The van der Waals surface area contributed by atoms with E-state index in [0.717, 1.165) is 25.9 Å². The molecule has 0 spiro atoms. The minimum Gasteiger partial charge on any atom is -0.490 e. The minimum absolute atomic E-state index is 0.00450. The van der Waals surface area contributed by atoms with Gasteiger partial charge in [-0.2, -0.15) is 0 Å². The van der Waals surface area contributed by atoms with Crippen LogP contribution in [-0.2, 0) is 4.74 Å². The maximum Gasteiger partial charge on any atom is 0.410 e. The second-order valence-electron chi connectivity index (χ2n) is 10.4. The number of hydrogen-bond donors (Lipinski definition) is 1. The zero-order valence-corrected chi connectivity index (χ0v) is 22.5. The van der Waals surface area contributed by atoms with Gasteiger partial charge in [-0.1, -0.05) is 0 Å². The molecule has 0 unspecified atom stereocenters. The van der Waals surface area contributed by atoms with Crippen molar-refractivity contribution in [1.29, 1.82) is 0 Å². The molecule has 12 heteroatoms. The van der Waals surface area contributed by atoms with Crippen molar-refractivity contribution in [2.45, 2.75) is 64.3 Å². The smallest absolute Gasteiger partial charge is 0.410 e. The van der Waals surface area contributed by atoms with Crippen molar-refractivity contribution in [3.05, 3.63) is 68.8 Å². The number of piperidine rings is 2. The lowest BCUT2D eigenvalue weighted by atomic mass is 10.1. The van der Waals surface area contributed by atoms with Gasteiger partial charge in [0.25, 0.3) is 11.4 Å². The summed E-state index contributed by atoms with van der Waals surface area (Å²) >= 11 is 0. The van der Waals surface area contributed by atoms with Crippen LogP contribution >= 0.6 is 0 Å². The summed E-state index contributed by atoms with van der Waals surface area (Å²) in [5, 5.41) is 24.3. The Morgan fingerprint density at radius 2 is 1.21 bits per heavy atom. The largest absolute Gasteiger partial charge is 0.490 e. The fraction of sp³-hybridized carbons (Fsp3) is 0.519. The molecular weight excluding hydrogens is 508 g/mol. The van der Waals surface area contributed by atoms with Gasteiger partial charge in [0.1, 0.15) is 29.3 Å². The number of nitro groups is 2. The van der Waals surface area contributed by atoms with E-state index < -0.39 is 15.4 Å². The molecule has 2 aromatic rings. The molecule has 12 nitrogen and oxygen atoms in total. The van der Waals surface area contributed by atoms with Gasteiger partial charge < -0.3 is 24.4 Å². The Morgan fingerprint density at radius 1 is 0.795 bits per heavy atom. The molecule has 2 aliphatic heterocycles. The number of carbonyl (C=O) groups excluding carboxylic acids is 1. The van der Waals surface area contributed by atoms with Crippen LogP contribution in [0.25, 0.3) is 0 Å². The number of nitro benzene ring substituents is 2. The summed E-state index contributed by atoms with van der Waals surface area (Å²) in [6.45, 7) is 8.62. The lowest BCUT2D eigenvalue weighted by Gasteiger charge is -2.33. The molecule has 0 bridgehead atoms. The van der Waals surface area contributed by atoms with Gasteiger partial charge >= 0.3 is 6.09 Å². The van der Waals surface area contributed by atoms with Crippen LogP contribution in [0.15, 0.2) is 48.5 Å². The van der Waals surface area contributed by atoms with Gasteiger partial charge in [0.05, 0.1) is 9.85 Å². The molecule has 0 radical (unpaired) electrons. The van der Waals surface area contributed by atoms with Crippen molar-refractivity contribution in [3.8, 4) is 11.5 Å². The molecule has 2 aromatic carbocycles. The number of non-ortho nitro benzene ring substituents is 2. The van der Waals surface area contributed by atoms with Gasteiger partial charge in [0.2, 0.25) is 0 Å². The van der Waals surface area contributed by atoms with Gasteiger partial charge in [-0.15, -0.1) is 0 Å². The zero-order chi connectivity index (χ0) is 28.4. The minimum atomic E-state index is -0.497. The molecule has 2 saturated heterocycles. The van der Waals surface area contributed by atoms with Crippen molar-refractivity contribution < 1.29 is 28.9 Å². The first kappa shape index (κ1) is 29.6. The Kier molecular flexibility index (Phi) is 10.4. The fourth-order valence-electron chi connectivity index (χ4n) is 4.07. The first-order chi connectivity index (χ1) is 18.5. The van der Waals surface area contributed by atoms with Gasteiger partial charge in [-0.25, -0.2) is 4.79 Å². The number of hydrogen-bond acceptors (Lipinski definition) is 9. The normalized spacial score (nSPS) is 16.4. The molecule has 2 fully saturated rings. The second-order valence-corrected chi connectivity index (χ2v) is 10.4. The van der Waals surface area contributed by atoms with E-state index in [2.05, 4.69) is 5.32 Å². The highest BCUT2D eigenvalue weighted by Gasteiger charge is 2.27. The Labute approximate surface area is 227 Å². The molecule has 39 heavy (non-hydrogen) atoms. The van der Waals surface area contributed by atoms with Crippen LogP contribution in [0.3, 0.4) is 0 Å². The summed E-state index contributed by atoms with van der Waals surface area (Å²) in [5.41, 5.74) is -0.363. The van der Waals surface area contributed by atoms with Gasteiger partial charge in [0.15, 0.2) is 0 Å². The van der Waals surface area contributed by atoms with Crippen molar-refractivity contribution in [2.24, 2.45) is 0 Å². The molecule has 2 heterocycles. The predicted octanol–water partition coefficient (Wildman–Crippen LogP) is 5.10. The van der Waals surface area contributed by atoms with Crippen LogP contribution < -0.4 is 14.8 Å². The van der Waals surface area contributed by atoms with E-state index in [9.17, 15) is 25.0 Å². The summed E-state index contributed by atoms with van der Waals surface area (Å²) in [5.74, 6) is 1.31. The molecule has 0 atom stereocenters. The number of benzene rings is 2. The molecule has 2 aliphatic rings.